The molecule has 4 aromatic rings. The molecule has 1 N–H and O–H groups in total. The number of aromatic nitrogens is 3. The van der Waals surface area contributed by atoms with Crippen molar-refractivity contribution in [1.29, 1.82) is 0 Å². The highest BCUT2D eigenvalue weighted by molar-refractivity contribution is 5.94. The Morgan fingerprint density at radius 2 is 1.93 bits per heavy atom. The summed E-state index contributed by atoms with van der Waals surface area (Å²) in [6.45, 7) is 5.11. The molecule has 6 heterocycles. The van der Waals surface area contributed by atoms with E-state index in [4.69, 9.17) is 0 Å². The molecule has 0 aliphatic carbocycles. The molecular weight excluding hydrogens is 519 g/mol. The number of halogens is 1. The quantitative estimate of drug-likeness (QED) is 0.317. The van der Waals surface area contributed by atoms with E-state index in [-0.39, 0.29) is 11.5 Å². The summed E-state index contributed by atoms with van der Waals surface area (Å²) in [5.41, 5.74) is 7.36. The van der Waals surface area contributed by atoms with Crippen LogP contribution in [0.5, 0.6) is 0 Å². The Morgan fingerprint density at radius 3 is 2.73 bits per heavy atom. The minimum atomic E-state index is -0.891. The summed E-state index contributed by atoms with van der Waals surface area (Å²) in [6, 6.07) is 15.0. The number of allylic oxidation sites excluding steroid dienone is 2. The van der Waals surface area contributed by atoms with E-state index >= 15 is 4.39 Å². The molecule has 3 aromatic carbocycles. The molecule has 8 heteroatoms. The van der Waals surface area contributed by atoms with Gasteiger partial charge in [0.05, 0.1) is 23.5 Å². The molecule has 1 amide bonds. The predicted molar refractivity (Wildman–Crippen MR) is 154 cm³/mol. The van der Waals surface area contributed by atoms with Gasteiger partial charge in [-0.15, -0.1) is 5.10 Å². The lowest BCUT2D eigenvalue weighted by molar-refractivity contribution is -0.141. The second-order valence-electron chi connectivity index (χ2n) is 11.2. The van der Waals surface area contributed by atoms with E-state index < -0.39 is 23.6 Å². The zero-order valence-corrected chi connectivity index (χ0v) is 23.3. The summed E-state index contributed by atoms with van der Waals surface area (Å²) >= 11 is 0. The lowest BCUT2D eigenvalue weighted by Crippen LogP contribution is -2.36. The van der Waals surface area contributed by atoms with Gasteiger partial charge in [-0.1, -0.05) is 54.6 Å². The maximum absolute atomic E-state index is 15.1. The first-order valence-corrected chi connectivity index (χ1v) is 14.2. The first-order chi connectivity index (χ1) is 19.8. The Hall–Kier alpha value is -4.33. The summed E-state index contributed by atoms with van der Waals surface area (Å²) in [5, 5.41) is 19.0. The van der Waals surface area contributed by atoms with Crippen molar-refractivity contribution in [3.8, 4) is 0 Å². The molecule has 9 bridgehead atoms. The summed E-state index contributed by atoms with van der Waals surface area (Å²) in [6.07, 6.45) is 7.22. The fraction of sp³-hybridized carbons (Fsp3) is 0.333. The minimum Gasteiger partial charge on any atom is -0.481 e. The summed E-state index contributed by atoms with van der Waals surface area (Å²) in [5.74, 6) is -2.84. The minimum absolute atomic E-state index is 0.0852. The van der Waals surface area contributed by atoms with Crippen LogP contribution in [0.1, 0.15) is 69.4 Å². The topological polar surface area (TPSA) is 88.3 Å². The lowest BCUT2D eigenvalue weighted by Gasteiger charge is -2.31. The van der Waals surface area contributed by atoms with Crippen LogP contribution in [0, 0.1) is 18.7 Å². The van der Waals surface area contributed by atoms with Crippen molar-refractivity contribution in [3.63, 3.8) is 0 Å². The summed E-state index contributed by atoms with van der Waals surface area (Å²) < 4.78 is 17.0. The molecule has 7 nitrogen and oxygen atoms in total. The van der Waals surface area contributed by atoms with Gasteiger partial charge in [-0.3, -0.25) is 9.59 Å². The number of hydrogen-bond donors (Lipinski definition) is 1. The van der Waals surface area contributed by atoms with Gasteiger partial charge in [0.1, 0.15) is 11.3 Å². The number of carbonyl (C=O) groups excluding carboxylic acids is 1. The number of aryl methyl sites for hydroxylation is 2. The van der Waals surface area contributed by atoms with E-state index in [9.17, 15) is 14.7 Å². The number of carboxylic acid groups (broad SMARTS) is 1. The number of aliphatic carboxylic acids is 1. The van der Waals surface area contributed by atoms with E-state index in [1.807, 2.05) is 48.0 Å². The van der Waals surface area contributed by atoms with Crippen LogP contribution in [0.15, 0.2) is 60.7 Å². The van der Waals surface area contributed by atoms with E-state index in [1.54, 1.807) is 17.9 Å². The van der Waals surface area contributed by atoms with E-state index in [0.717, 1.165) is 63.7 Å². The molecular formula is C33H33FN4O3. The number of benzene rings is 3. The molecule has 210 valence electrons. The van der Waals surface area contributed by atoms with Gasteiger partial charge in [0.15, 0.2) is 0 Å². The monoisotopic (exact) mass is 552 g/mol. The van der Waals surface area contributed by atoms with Gasteiger partial charge in [0, 0.05) is 19.0 Å². The Bertz CT molecular complexity index is 1690. The third-order valence-electron chi connectivity index (χ3n) is 8.64. The highest BCUT2D eigenvalue weighted by Gasteiger charge is 2.31. The number of rotatable bonds is 2. The predicted octanol–water partition coefficient (Wildman–Crippen LogP) is 5.82. The third-order valence-corrected chi connectivity index (χ3v) is 8.64. The Morgan fingerprint density at radius 1 is 1.07 bits per heavy atom. The van der Waals surface area contributed by atoms with Gasteiger partial charge in [0.25, 0.3) is 5.91 Å². The van der Waals surface area contributed by atoms with Crippen molar-refractivity contribution >= 4 is 22.9 Å². The fourth-order valence-electron chi connectivity index (χ4n) is 6.25. The van der Waals surface area contributed by atoms with Gasteiger partial charge in [0.2, 0.25) is 0 Å². The molecule has 0 radical (unpaired) electrons. The van der Waals surface area contributed by atoms with Gasteiger partial charge >= 0.3 is 5.97 Å². The van der Waals surface area contributed by atoms with Gasteiger partial charge in [-0.05, 0) is 84.2 Å². The van der Waals surface area contributed by atoms with E-state index in [2.05, 4.69) is 22.5 Å². The Kier molecular flexibility index (Phi) is 7.15. The number of nitrogens with zero attached hydrogens (tertiary/aromatic N) is 4. The summed E-state index contributed by atoms with van der Waals surface area (Å²) in [4.78, 5) is 27.4. The highest BCUT2D eigenvalue weighted by Crippen LogP contribution is 2.38. The Balaban J connectivity index is 1.47. The first-order valence-electron chi connectivity index (χ1n) is 14.2. The van der Waals surface area contributed by atoms with Crippen LogP contribution in [0.2, 0.25) is 0 Å². The normalized spacial score (nSPS) is 19.0. The fourth-order valence-corrected chi connectivity index (χ4v) is 6.25. The molecule has 2 atom stereocenters. The van der Waals surface area contributed by atoms with Crippen LogP contribution in [0.3, 0.4) is 0 Å². The standard InChI is InChI=1S/C33H33FN4O3/c1-20-26-12-13-29-31(20)35-36-38(29)15-6-4-3-5-7-22-8-11-27(28(34)17-22)32(39)37-16-14-23-9-10-24(18-25(23)19-37)30(26)21(2)33(40)41/h4,6,8-13,17-18,21,30H,3,5,7,14-16,19H2,1-2H3,(H,40,41)/b6-4+. The first kappa shape index (κ1) is 26.9. The van der Waals surface area contributed by atoms with Gasteiger partial charge in [-0.2, -0.15) is 0 Å². The van der Waals surface area contributed by atoms with Crippen LogP contribution in [-0.4, -0.2) is 43.4 Å². The number of carbonyl (C=O) groups is 2. The maximum Gasteiger partial charge on any atom is 0.307 e. The van der Waals surface area contributed by atoms with Crippen molar-refractivity contribution < 1.29 is 19.1 Å². The lowest BCUT2D eigenvalue weighted by atomic mass is 9.78. The molecule has 41 heavy (non-hydrogen) atoms. The molecule has 0 fully saturated rings. The number of carboxylic acids is 1. The molecule has 9 rings (SSSR count). The average Bonchev–Trinajstić information content (AvgIpc) is 3.38. The van der Waals surface area contributed by atoms with Crippen molar-refractivity contribution in [2.24, 2.45) is 5.92 Å². The van der Waals surface area contributed by atoms with Crippen LogP contribution in [0.4, 0.5) is 4.39 Å². The largest absolute Gasteiger partial charge is 0.481 e. The molecule has 5 aliphatic heterocycles. The smallest absolute Gasteiger partial charge is 0.307 e. The SMILES string of the molecule is Cc1c2ccc3c1nnn3C/C=C/CCCc1ccc(c(F)c1)C(=O)N1CCc3ccc(cc3C1)C2C(C)C(=O)O. The maximum atomic E-state index is 15.1. The van der Waals surface area contributed by atoms with Crippen LogP contribution in [-0.2, 0) is 30.7 Å². The zero-order chi connectivity index (χ0) is 28.7. The Labute approximate surface area is 238 Å². The number of hydrogen-bond acceptors (Lipinski definition) is 4. The molecule has 0 saturated heterocycles. The van der Waals surface area contributed by atoms with Crippen LogP contribution < -0.4 is 0 Å². The van der Waals surface area contributed by atoms with Crippen LogP contribution in [0.25, 0.3) is 11.0 Å². The van der Waals surface area contributed by atoms with Crippen LogP contribution >= 0.6 is 0 Å². The third kappa shape index (κ3) is 5.03. The second-order valence-corrected chi connectivity index (χ2v) is 11.2. The number of amides is 1. The average molecular weight is 553 g/mol. The highest BCUT2D eigenvalue weighted by atomic mass is 19.1. The molecule has 5 aliphatic rings. The molecule has 0 saturated carbocycles. The second kappa shape index (κ2) is 10.9. The van der Waals surface area contributed by atoms with Crippen molar-refractivity contribution in [2.45, 2.75) is 58.5 Å². The molecule has 2 unspecified atom stereocenters. The molecule has 1 aromatic heterocycles. The van der Waals surface area contributed by atoms with E-state index in [0.29, 0.717) is 26.1 Å². The van der Waals surface area contributed by atoms with Gasteiger partial charge < -0.3 is 10.0 Å². The molecule has 0 spiro atoms. The zero-order valence-electron chi connectivity index (χ0n) is 23.3. The van der Waals surface area contributed by atoms with Crippen molar-refractivity contribution in [2.75, 3.05) is 6.54 Å². The van der Waals surface area contributed by atoms with Crippen molar-refractivity contribution in [1.82, 2.24) is 19.9 Å². The van der Waals surface area contributed by atoms with Crippen molar-refractivity contribution in [3.05, 3.63) is 105 Å². The van der Waals surface area contributed by atoms with E-state index in [1.165, 1.54) is 6.07 Å². The summed E-state index contributed by atoms with van der Waals surface area (Å²) in [7, 11) is 0. The van der Waals surface area contributed by atoms with Gasteiger partial charge in [-0.25, -0.2) is 9.07 Å².